The smallest absolute Gasteiger partial charge is 0.410 e. The van der Waals surface area contributed by atoms with Crippen molar-refractivity contribution in [1.29, 1.82) is 0 Å². The van der Waals surface area contributed by atoms with Gasteiger partial charge >= 0.3 is 6.09 Å². The van der Waals surface area contributed by atoms with Crippen LogP contribution in [-0.2, 0) is 17.7 Å². The van der Waals surface area contributed by atoms with Gasteiger partial charge in [0.05, 0.1) is 12.2 Å². The summed E-state index contributed by atoms with van der Waals surface area (Å²) < 4.78 is 5.45. The van der Waals surface area contributed by atoms with Gasteiger partial charge in [-0.2, -0.15) is 0 Å². The fraction of sp³-hybridized carbons (Fsp3) is 0.667. The number of carbonyl (C=O) groups is 1. The van der Waals surface area contributed by atoms with Gasteiger partial charge in [-0.15, -0.1) is 0 Å². The minimum absolute atomic E-state index is 0.262. The van der Waals surface area contributed by atoms with Crippen molar-refractivity contribution in [3.05, 3.63) is 17.5 Å². The maximum atomic E-state index is 12.2. The zero-order chi connectivity index (χ0) is 15.5. The molecule has 116 valence electrons. The van der Waals surface area contributed by atoms with E-state index in [4.69, 9.17) is 4.74 Å². The molecular formula is C15H23N3O2S. The first-order valence-corrected chi connectivity index (χ1v) is 8.33. The van der Waals surface area contributed by atoms with Gasteiger partial charge in [0.15, 0.2) is 5.16 Å². The second kappa shape index (κ2) is 6.64. The van der Waals surface area contributed by atoms with E-state index in [9.17, 15) is 4.79 Å². The van der Waals surface area contributed by atoms with E-state index in [-0.39, 0.29) is 6.09 Å². The first kappa shape index (κ1) is 16.1. The zero-order valence-corrected chi connectivity index (χ0v) is 14.0. The molecule has 0 saturated carbocycles. The van der Waals surface area contributed by atoms with Crippen LogP contribution in [0.25, 0.3) is 0 Å². The SMILES string of the molecule is CCSc1ncc2c(n1)CCCN(C(=O)OC(C)(C)C)C2. The van der Waals surface area contributed by atoms with Crippen LogP contribution in [0.4, 0.5) is 4.79 Å². The first-order valence-electron chi connectivity index (χ1n) is 7.34. The minimum Gasteiger partial charge on any atom is -0.444 e. The van der Waals surface area contributed by atoms with Gasteiger partial charge in [-0.05, 0) is 39.4 Å². The summed E-state index contributed by atoms with van der Waals surface area (Å²) in [5.41, 5.74) is 1.62. The maximum absolute atomic E-state index is 12.2. The van der Waals surface area contributed by atoms with Crippen LogP contribution in [0, 0.1) is 0 Å². The van der Waals surface area contributed by atoms with Crippen LogP contribution in [0.1, 0.15) is 45.4 Å². The highest BCUT2D eigenvalue weighted by Crippen LogP contribution is 2.21. The van der Waals surface area contributed by atoms with Gasteiger partial charge in [-0.25, -0.2) is 14.8 Å². The lowest BCUT2D eigenvalue weighted by Gasteiger charge is -2.26. The molecule has 1 aromatic heterocycles. The standard InChI is InChI=1S/C15H23N3O2S/c1-5-21-13-16-9-11-10-18(8-6-7-12(11)17-13)14(19)20-15(2,3)4/h9H,5-8,10H2,1-4H3. The Bertz CT molecular complexity index is 514. The molecule has 0 bridgehead atoms. The van der Waals surface area contributed by atoms with Crippen molar-refractivity contribution in [2.75, 3.05) is 12.3 Å². The predicted molar refractivity (Wildman–Crippen MR) is 83.4 cm³/mol. The average Bonchev–Trinajstić information content (AvgIpc) is 2.59. The Morgan fingerprint density at radius 3 is 2.90 bits per heavy atom. The molecule has 0 aromatic carbocycles. The molecule has 0 radical (unpaired) electrons. The van der Waals surface area contributed by atoms with E-state index in [1.165, 1.54) is 0 Å². The summed E-state index contributed by atoms with van der Waals surface area (Å²) >= 11 is 1.64. The molecule has 5 nitrogen and oxygen atoms in total. The number of rotatable bonds is 2. The molecule has 21 heavy (non-hydrogen) atoms. The highest BCUT2D eigenvalue weighted by Gasteiger charge is 2.25. The number of ether oxygens (including phenoxy) is 1. The average molecular weight is 309 g/mol. The molecule has 0 fully saturated rings. The first-order chi connectivity index (χ1) is 9.89. The molecule has 0 spiro atoms. The Morgan fingerprint density at radius 1 is 1.48 bits per heavy atom. The monoisotopic (exact) mass is 309 g/mol. The summed E-state index contributed by atoms with van der Waals surface area (Å²) in [7, 11) is 0. The van der Waals surface area contributed by atoms with Gasteiger partial charge in [0.25, 0.3) is 0 Å². The lowest BCUT2D eigenvalue weighted by atomic mass is 10.2. The molecule has 0 N–H and O–H groups in total. The molecule has 2 rings (SSSR count). The number of fused-ring (bicyclic) bond motifs is 1. The fourth-order valence-electron chi connectivity index (χ4n) is 2.18. The number of hydrogen-bond acceptors (Lipinski definition) is 5. The summed E-state index contributed by atoms with van der Waals surface area (Å²) in [4.78, 5) is 22.9. The van der Waals surface area contributed by atoms with Crippen molar-refractivity contribution in [2.45, 2.75) is 57.8 Å². The third-order valence-electron chi connectivity index (χ3n) is 3.06. The van der Waals surface area contributed by atoms with E-state index in [2.05, 4.69) is 16.9 Å². The largest absolute Gasteiger partial charge is 0.444 e. The molecule has 6 heteroatoms. The van der Waals surface area contributed by atoms with Crippen LogP contribution in [0.15, 0.2) is 11.4 Å². The Morgan fingerprint density at radius 2 is 2.24 bits per heavy atom. The van der Waals surface area contributed by atoms with E-state index < -0.39 is 5.60 Å². The van der Waals surface area contributed by atoms with Gasteiger partial charge in [0.1, 0.15) is 5.60 Å². The van der Waals surface area contributed by atoms with Gasteiger partial charge in [-0.1, -0.05) is 18.7 Å². The maximum Gasteiger partial charge on any atom is 0.410 e. The Hall–Kier alpha value is -1.30. The molecule has 1 aliphatic heterocycles. The van der Waals surface area contributed by atoms with Crippen LogP contribution in [0.2, 0.25) is 0 Å². The number of hydrogen-bond donors (Lipinski definition) is 0. The predicted octanol–water partition coefficient (Wildman–Crippen LogP) is 3.27. The van der Waals surface area contributed by atoms with Crippen molar-refractivity contribution in [3.63, 3.8) is 0 Å². The fourth-order valence-corrected chi connectivity index (χ4v) is 2.74. The van der Waals surface area contributed by atoms with Crippen molar-refractivity contribution >= 4 is 17.9 Å². The molecular weight excluding hydrogens is 286 g/mol. The molecule has 1 amide bonds. The number of aryl methyl sites for hydroxylation is 1. The summed E-state index contributed by atoms with van der Waals surface area (Å²) in [5, 5.41) is 0.821. The number of carbonyl (C=O) groups excluding carboxylic acids is 1. The normalized spacial score (nSPS) is 15.3. The van der Waals surface area contributed by atoms with Crippen molar-refractivity contribution < 1.29 is 9.53 Å². The quantitative estimate of drug-likeness (QED) is 0.620. The van der Waals surface area contributed by atoms with Gasteiger partial charge in [-0.3, -0.25) is 0 Å². The highest BCUT2D eigenvalue weighted by molar-refractivity contribution is 7.99. The Kier molecular flexibility index (Phi) is 5.08. The number of thioether (sulfide) groups is 1. The van der Waals surface area contributed by atoms with Gasteiger partial charge in [0.2, 0.25) is 0 Å². The van der Waals surface area contributed by atoms with Crippen LogP contribution < -0.4 is 0 Å². The summed E-state index contributed by atoms with van der Waals surface area (Å²) in [6.45, 7) is 8.96. The molecule has 1 aliphatic rings. The molecule has 1 aromatic rings. The van der Waals surface area contributed by atoms with E-state index in [0.717, 1.165) is 35.0 Å². The van der Waals surface area contributed by atoms with E-state index in [1.807, 2.05) is 27.0 Å². The topological polar surface area (TPSA) is 55.3 Å². The molecule has 0 unspecified atom stereocenters. The third kappa shape index (κ3) is 4.59. The van der Waals surface area contributed by atoms with Crippen LogP contribution in [-0.4, -0.2) is 38.9 Å². The number of amides is 1. The zero-order valence-electron chi connectivity index (χ0n) is 13.2. The van der Waals surface area contributed by atoms with E-state index in [1.54, 1.807) is 16.7 Å². The third-order valence-corrected chi connectivity index (χ3v) is 3.80. The summed E-state index contributed by atoms with van der Waals surface area (Å²) in [6.07, 6.45) is 3.37. The van der Waals surface area contributed by atoms with E-state index >= 15 is 0 Å². The van der Waals surface area contributed by atoms with Crippen molar-refractivity contribution in [1.82, 2.24) is 14.9 Å². The van der Waals surface area contributed by atoms with Crippen molar-refractivity contribution in [2.24, 2.45) is 0 Å². The molecule has 2 heterocycles. The van der Waals surface area contributed by atoms with E-state index in [0.29, 0.717) is 13.1 Å². The second-order valence-corrected chi connectivity index (χ2v) is 7.29. The Balaban J connectivity index is 2.12. The number of nitrogens with zero attached hydrogens (tertiary/aromatic N) is 3. The number of aromatic nitrogens is 2. The second-order valence-electron chi connectivity index (χ2n) is 6.06. The summed E-state index contributed by atoms with van der Waals surface area (Å²) in [6, 6.07) is 0. The minimum atomic E-state index is -0.468. The lowest BCUT2D eigenvalue weighted by Crippen LogP contribution is -2.36. The Labute approximate surface area is 130 Å². The van der Waals surface area contributed by atoms with Crippen LogP contribution in [0.5, 0.6) is 0 Å². The highest BCUT2D eigenvalue weighted by atomic mass is 32.2. The molecule has 0 saturated heterocycles. The van der Waals surface area contributed by atoms with Gasteiger partial charge in [0, 0.05) is 18.3 Å². The van der Waals surface area contributed by atoms with Crippen molar-refractivity contribution in [3.8, 4) is 0 Å². The molecule has 0 atom stereocenters. The summed E-state index contributed by atoms with van der Waals surface area (Å²) in [5.74, 6) is 0.961. The molecule has 0 aliphatic carbocycles. The van der Waals surface area contributed by atoms with Crippen LogP contribution >= 0.6 is 11.8 Å². The van der Waals surface area contributed by atoms with Crippen LogP contribution in [0.3, 0.4) is 0 Å². The lowest BCUT2D eigenvalue weighted by molar-refractivity contribution is 0.0236. The van der Waals surface area contributed by atoms with Gasteiger partial charge < -0.3 is 9.64 Å².